The molecule has 5 nitrogen and oxygen atoms in total. The summed E-state index contributed by atoms with van der Waals surface area (Å²) < 4.78 is 10.1. The molecular formula is C20H33NO4S2. The highest BCUT2D eigenvalue weighted by molar-refractivity contribution is 8.02. The fourth-order valence-electron chi connectivity index (χ4n) is 2.27. The van der Waals surface area contributed by atoms with E-state index < -0.39 is 11.7 Å². The molecular weight excluding hydrogens is 382 g/mol. The van der Waals surface area contributed by atoms with Crippen LogP contribution in [0.2, 0.25) is 0 Å². The number of esters is 1. The molecule has 0 spiro atoms. The number of amides is 1. The Balaban J connectivity index is 0.000000713. The minimum Gasteiger partial charge on any atom is -0.462 e. The molecule has 0 bridgehead atoms. The molecule has 1 aromatic rings. The van der Waals surface area contributed by atoms with Gasteiger partial charge in [0, 0.05) is 11.3 Å². The molecule has 1 heterocycles. The van der Waals surface area contributed by atoms with Crippen molar-refractivity contribution in [3.05, 3.63) is 33.4 Å². The summed E-state index contributed by atoms with van der Waals surface area (Å²) in [4.78, 5) is 24.1. The maximum atomic E-state index is 11.5. The zero-order valence-electron chi connectivity index (χ0n) is 17.4. The Labute approximate surface area is 171 Å². The van der Waals surface area contributed by atoms with Gasteiger partial charge in [0.2, 0.25) is 0 Å². The number of carbonyl (C=O) groups is 2. The van der Waals surface area contributed by atoms with Crippen LogP contribution in [0.25, 0.3) is 0 Å². The summed E-state index contributed by atoms with van der Waals surface area (Å²) in [5.74, 6) is 0.0245. The number of nitrogens with two attached hydrogens (primary N) is 1. The molecule has 0 aliphatic carbocycles. The third-order valence-corrected chi connectivity index (χ3v) is 5.13. The number of hydrogen-bond acceptors (Lipinski definition) is 6. The van der Waals surface area contributed by atoms with Crippen molar-refractivity contribution in [2.24, 2.45) is 5.73 Å². The molecule has 0 saturated carbocycles. The third-order valence-electron chi connectivity index (χ3n) is 3.28. The van der Waals surface area contributed by atoms with Crippen molar-refractivity contribution in [3.63, 3.8) is 0 Å². The summed E-state index contributed by atoms with van der Waals surface area (Å²) in [6, 6.07) is 4.16. The van der Waals surface area contributed by atoms with Crippen LogP contribution in [0.15, 0.2) is 28.5 Å². The van der Waals surface area contributed by atoms with Crippen LogP contribution in [0.1, 0.15) is 65.2 Å². The van der Waals surface area contributed by atoms with E-state index in [1.54, 1.807) is 43.9 Å². The fraction of sp³-hybridized carbons (Fsp3) is 0.600. The summed E-state index contributed by atoms with van der Waals surface area (Å²) in [7, 11) is 0. The average molecular weight is 416 g/mol. The molecule has 154 valence electrons. The number of ether oxygens (including phenoxy) is 2. The lowest BCUT2D eigenvalue weighted by Gasteiger charge is -2.25. The van der Waals surface area contributed by atoms with Crippen molar-refractivity contribution >= 4 is 35.2 Å². The SMILES string of the molecule is CC(C)(C)OC(N)=O.CC/C=C(\SC)C(c1cccs1)C(C)OC(=O)CC. The Morgan fingerprint density at radius 1 is 1.33 bits per heavy atom. The Morgan fingerprint density at radius 2 is 1.96 bits per heavy atom. The van der Waals surface area contributed by atoms with E-state index in [-0.39, 0.29) is 18.0 Å². The highest BCUT2D eigenvalue weighted by atomic mass is 32.2. The van der Waals surface area contributed by atoms with Gasteiger partial charge in [0.1, 0.15) is 11.7 Å². The molecule has 2 unspecified atom stereocenters. The summed E-state index contributed by atoms with van der Waals surface area (Å²) in [5.41, 5.74) is 4.26. The smallest absolute Gasteiger partial charge is 0.405 e. The van der Waals surface area contributed by atoms with Crippen LogP contribution in [-0.2, 0) is 14.3 Å². The van der Waals surface area contributed by atoms with Crippen molar-refractivity contribution in [1.29, 1.82) is 0 Å². The molecule has 0 aliphatic heterocycles. The summed E-state index contributed by atoms with van der Waals surface area (Å²) in [6.07, 6.45) is 4.87. The van der Waals surface area contributed by atoms with Crippen LogP contribution < -0.4 is 5.73 Å². The fourth-order valence-corrected chi connectivity index (χ4v) is 4.19. The number of hydrogen-bond donors (Lipinski definition) is 1. The maximum Gasteiger partial charge on any atom is 0.405 e. The molecule has 0 radical (unpaired) electrons. The summed E-state index contributed by atoms with van der Waals surface area (Å²) >= 11 is 3.46. The Hall–Kier alpha value is -1.47. The highest BCUT2D eigenvalue weighted by Crippen LogP contribution is 2.38. The van der Waals surface area contributed by atoms with Crippen molar-refractivity contribution < 1.29 is 19.1 Å². The molecule has 2 atom stereocenters. The van der Waals surface area contributed by atoms with Gasteiger partial charge in [-0.1, -0.05) is 26.0 Å². The number of carbonyl (C=O) groups excluding carboxylic acids is 2. The van der Waals surface area contributed by atoms with Crippen LogP contribution in [0, 0.1) is 0 Å². The molecule has 0 saturated heterocycles. The Bertz CT molecular complexity index is 592. The van der Waals surface area contributed by atoms with Gasteiger partial charge in [0.15, 0.2) is 0 Å². The van der Waals surface area contributed by atoms with Gasteiger partial charge in [-0.3, -0.25) is 4.79 Å². The lowest BCUT2D eigenvalue weighted by Crippen LogP contribution is -2.27. The molecule has 1 aromatic heterocycles. The molecule has 0 aromatic carbocycles. The molecule has 1 rings (SSSR count). The number of thioether (sulfide) groups is 1. The molecule has 1 amide bonds. The lowest BCUT2D eigenvalue weighted by atomic mass is 10.00. The molecule has 0 aliphatic rings. The molecule has 0 fully saturated rings. The molecule has 7 heteroatoms. The topological polar surface area (TPSA) is 78.6 Å². The second-order valence-electron chi connectivity index (χ2n) is 6.79. The zero-order chi connectivity index (χ0) is 21.0. The van der Waals surface area contributed by atoms with E-state index >= 15 is 0 Å². The second-order valence-corrected chi connectivity index (χ2v) is 8.65. The third kappa shape index (κ3) is 11.1. The summed E-state index contributed by atoms with van der Waals surface area (Å²) in [6.45, 7) is 11.2. The largest absolute Gasteiger partial charge is 0.462 e. The van der Waals surface area contributed by atoms with Crippen LogP contribution in [-0.4, -0.2) is 30.0 Å². The van der Waals surface area contributed by atoms with Gasteiger partial charge < -0.3 is 15.2 Å². The Morgan fingerprint density at radius 3 is 2.30 bits per heavy atom. The second kappa shape index (κ2) is 12.8. The van der Waals surface area contributed by atoms with E-state index in [9.17, 15) is 9.59 Å². The van der Waals surface area contributed by atoms with Gasteiger partial charge in [-0.05, 0) is 56.7 Å². The maximum absolute atomic E-state index is 11.5. The van der Waals surface area contributed by atoms with Gasteiger partial charge in [-0.15, -0.1) is 23.1 Å². The lowest BCUT2D eigenvalue weighted by molar-refractivity contribution is -0.148. The number of primary amides is 1. The van der Waals surface area contributed by atoms with Crippen molar-refractivity contribution in [3.8, 4) is 0 Å². The van der Waals surface area contributed by atoms with Crippen LogP contribution in [0.5, 0.6) is 0 Å². The summed E-state index contributed by atoms with van der Waals surface area (Å²) in [5, 5.41) is 2.07. The minimum atomic E-state index is -0.725. The van der Waals surface area contributed by atoms with E-state index in [1.165, 1.54) is 9.78 Å². The van der Waals surface area contributed by atoms with Gasteiger partial charge in [0.25, 0.3) is 0 Å². The van der Waals surface area contributed by atoms with E-state index in [1.807, 2.05) is 19.9 Å². The number of thiophene rings is 1. The van der Waals surface area contributed by atoms with Crippen LogP contribution in [0.4, 0.5) is 4.79 Å². The van der Waals surface area contributed by atoms with Crippen molar-refractivity contribution in [2.75, 3.05) is 6.26 Å². The monoisotopic (exact) mass is 415 g/mol. The van der Waals surface area contributed by atoms with Crippen molar-refractivity contribution in [2.45, 2.75) is 72.0 Å². The standard InChI is InChI=1S/C15H22O2S2.C5H11NO2/c1-5-8-12(18-4)15(13-9-7-10-19-13)11(3)17-14(16)6-2;1-5(2,3)8-4(6)7/h7-11,15H,5-6H2,1-4H3;1-3H3,(H2,6,7)/b12-8-;. The predicted molar refractivity (Wildman–Crippen MR) is 115 cm³/mol. The van der Waals surface area contributed by atoms with Gasteiger partial charge in [0.05, 0.1) is 5.92 Å². The highest BCUT2D eigenvalue weighted by Gasteiger charge is 2.26. The van der Waals surface area contributed by atoms with E-state index in [4.69, 9.17) is 10.5 Å². The quantitative estimate of drug-likeness (QED) is 0.577. The predicted octanol–water partition coefficient (Wildman–Crippen LogP) is 5.71. The minimum absolute atomic E-state index is 0.128. The first-order valence-corrected chi connectivity index (χ1v) is 11.1. The first-order chi connectivity index (χ1) is 12.6. The number of rotatable bonds is 7. The van der Waals surface area contributed by atoms with Gasteiger partial charge >= 0.3 is 12.1 Å². The van der Waals surface area contributed by atoms with Gasteiger partial charge in [-0.2, -0.15) is 0 Å². The average Bonchev–Trinajstić information content (AvgIpc) is 3.06. The van der Waals surface area contributed by atoms with Crippen molar-refractivity contribution in [1.82, 2.24) is 0 Å². The first-order valence-electron chi connectivity index (χ1n) is 9.01. The Kier molecular flexibility index (Phi) is 12.1. The number of allylic oxidation sites excluding steroid dienone is 1. The normalized spacial score (nSPS) is 13.8. The van der Waals surface area contributed by atoms with E-state index in [0.29, 0.717) is 6.42 Å². The zero-order valence-corrected chi connectivity index (χ0v) is 19.0. The van der Waals surface area contributed by atoms with Crippen LogP contribution in [0.3, 0.4) is 0 Å². The van der Waals surface area contributed by atoms with E-state index in [2.05, 4.69) is 35.4 Å². The van der Waals surface area contributed by atoms with Crippen LogP contribution >= 0.6 is 23.1 Å². The van der Waals surface area contributed by atoms with E-state index in [0.717, 1.165) is 6.42 Å². The molecule has 2 N–H and O–H groups in total. The molecule has 27 heavy (non-hydrogen) atoms. The first kappa shape index (κ1) is 25.5. The van der Waals surface area contributed by atoms with Gasteiger partial charge in [-0.25, -0.2) is 4.79 Å².